The van der Waals surface area contributed by atoms with Crippen LogP contribution in [0.15, 0.2) is 54.7 Å². The van der Waals surface area contributed by atoms with Crippen LogP contribution in [0.25, 0.3) is 11.4 Å². The van der Waals surface area contributed by atoms with E-state index in [4.69, 9.17) is 23.2 Å². The van der Waals surface area contributed by atoms with E-state index >= 15 is 0 Å². The molecule has 1 heterocycles. The molecule has 0 atom stereocenters. The first-order chi connectivity index (χ1) is 12.7. The van der Waals surface area contributed by atoms with Crippen molar-refractivity contribution in [2.24, 2.45) is 7.05 Å². The van der Waals surface area contributed by atoms with E-state index in [0.717, 1.165) is 0 Å². The van der Waals surface area contributed by atoms with Gasteiger partial charge in [0.15, 0.2) is 0 Å². The Hall–Kier alpha value is -2.35. The van der Waals surface area contributed by atoms with E-state index in [1.54, 1.807) is 60.1 Å². The Morgan fingerprint density at radius 1 is 1.11 bits per heavy atom. The molecule has 2 aromatic carbocycles. The van der Waals surface area contributed by atoms with Crippen LogP contribution in [0.4, 0.5) is 0 Å². The number of carbonyl (C=O) groups excluding carboxylic acids is 1. The smallest absolute Gasteiger partial charge is 0.284 e. The number of aromatic nitrogens is 2. The third-order valence-electron chi connectivity index (χ3n) is 3.74. The summed E-state index contributed by atoms with van der Waals surface area (Å²) in [6.07, 6.45) is 1.45. The van der Waals surface area contributed by atoms with Gasteiger partial charge < -0.3 is 4.57 Å². The second-order valence-corrected chi connectivity index (χ2v) is 8.42. The molecule has 1 amide bonds. The largest absolute Gasteiger partial charge is 0.333 e. The Morgan fingerprint density at radius 2 is 1.78 bits per heavy atom. The van der Waals surface area contributed by atoms with Crippen LogP contribution >= 0.6 is 23.2 Å². The zero-order valence-electron chi connectivity index (χ0n) is 14.2. The van der Waals surface area contributed by atoms with Crippen molar-refractivity contribution in [1.29, 1.82) is 0 Å². The predicted octanol–water partition coefficient (Wildman–Crippen LogP) is 3.65. The molecule has 0 bridgehead atoms. The number of sulfonamides is 1. The van der Waals surface area contributed by atoms with Gasteiger partial charge in [-0.25, -0.2) is 18.1 Å². The fourth-order valence-electron chi connectivity index (χ4n) is 2.50. The van der Waals surface area contributed by atoms with E-state index in [9.17, 15) is 13.2 Å². The normalized spacial score (nSPS) is 11.4. The van der Waals surface area contributed by atoms with Crippen molar-refractivity contribution in [2.75, 3.05) is 0 Å². The van der Waals surface area contributed by atoms with Crippen LogP contribution in [-0.4, -0.2) is 23.9 Å². The van der Waals surface area contributed by atoms with Crippen LogP contribution in [-0.2, 0) is 22.8 Å². The summed E-state index contributed by atoms with van der Waals surface area (Å²) in [5.74, 6) is -0.696. The summed E-state index contributed by atoms with van der Waals surface area (Å²) >= 11 is 12.0. The van der Waals surface area contributed by atoms with Crippen LogP contribution in [0.5, 0.6) is 0 Å². The fourth-order valence-corrected chi connectivity index (χ4v) is 3.93. The van der Waals surface area contributed by atoms with Gasteiger partial charge in [-0.05, 0) is 29.8 Å². The summed E-state index contributed by atoms with van der Waals surface area (Å²) in [6, 6.07) is 13.4. The molecular weight excluding hydrogens is 409 g/mol. The number of imidazole rings is 1. The summed E-state index contributed by atoms with van der Waals surface area (Å²) in [5, 5.41) is 0.981. The molecule has 1 N–H and O–H groups in total. The quantitative estimate of drug-likeness (QED) is 0.678. The number of benzene rings is 2. The lowest BCUT2D eigenvalue weighted by molar-refractivity contribution is 0.0977. The highest BCUT2D eigenvalue weighted by Gasteiger charge is 2.21. The topological polar surface area (TPSA) is 81.1 Å². The Morgan fingerprint density at radius 3 is 2.44 bits per heavy atom. The third kappa shape index (κ3) is 4.68. The second kappa shape index (κ2) is 7.72. The highest BCUT2D eigenvalue weighted by atomic mass is 35.5. The van der Waals surface area contributed by atoms with Crippen molar-refractivity contribution in [3.8, 4) is 11.4 Å². The Bertz CT molecular complexity index is 1090. The lowest BCUT2D eigenvalue weighted by Gasteiger charge is -2.05. The zero-order valence-corrected chi connectivity index (χ0v) is 16.5. The number of hydrogen-bond acceptors (Lipinski definition) is 4. The lowest BCUT2D eigenvalue weighted by Crippen LogP contribution is -2.31. The summed E-state index contributed by atoms with van der Waals surface area (Å²) in [4.78, 5) is 16.6. The van der Waals surface area contributed by atoms with Crippen molar-refractivity contribution in [3.63, 3.8) is 0 Å². The van der Waals surface area contributed by atoms with Gasteiger partial charge in [0.25, 0.3) is 5.91 Å². The van der Waals surface area contributed by atoms with Gasteiger partial charge in [-0.15, -0.1) is 0 Å². The Balaban J connectivity index is 1.79. The number of halogens is 2. The molecule has 6 nitrogen and oxygen atoms in total. The van der Waals surface area contributed by atoms with Gasteiger partial charge in [-0.3, -0.25) is 4.79 Å². The molecule has 3 rings (SSSR count). The monoisotopic (exact) mass is 423 g/mol. The number of rotatable bonds is 5. The maximum atomic E-state index is 12.4. The average molecular weight is 424 g/mol. The number of aryl methyl sites for hydroxylation is 1. The molecule has 0 radical (unpaired) electrons. The fraction of sp³-hybridized carbons (Fsp3) is 0.111. The van der Waals surface area contributed by atoms with Crippen molar-refractivity contribution in [2.45, 2.75) is 5.75 Å². The molecule has 27 heavy (non-hydrogen) atoms. The molecular formula is C18H15Cl2N3O3S. The molecule has 0 aliphatic carbocycles. The maximum Gasteiger partial charge on any atom is 0.284 e. The molecule has 3 aromatic rings. The highest BCUT2D eigenvalue weighted by molar-refractivity contribution is 7.89. The van der Waals surface area contributed by atoms with Gasteiger partial charge in [0.05, 0.1) is 10.8 Å². The van der Waals surface area contributed by atoms with Gasteiger partial charge >= 0.3 is 0 Å². The zero-order chi connectivity index (χ0) is 19.6. The molecule has 0 saturated carbocycles. The summed E-state index contributed by atoms with van der Waals surface area (Å²) in [7, 11) is -2.19. The van der Waals surface area contributed by atoms with Crippen LogP contribution in [0.2, 0.25) is 10.0 Å². The van der Waals surface area contributed by atoms with Crippen LogP contribution in [0.3, 0.4) is 0 Å². The minimum absolute atomic E-state index is 0.0212. The van der Waals surface area contributed by atoms with Gasteiger partial charge in [-0.1, -0.05) is 47.5 Å². The van der Waals surface area contributed by atoms with Crippen LogP contribution in [0.1, 0.15) is 16.1 Å². The second-order valence-electron chi connectivity index (χ2n) is 5.86. The lowest BCUT2D eigenvalue weighted by atomic mass is 10.2. The van der Waals surface area contributed by atoms with E-state index in [-0.39, 0.29) is 11.4 Å². The molecule has 0 spiro atoms. The number of amides is 1. The number of carbonyl (C=O) groups is 1. The summed E-state index contributed by atoms with van der Waals surface area (Å²) in [6.45, 7) is 0. The molecule has 0 aliphatic rings. The minimum atomic E-state index is -3.89. The standard InChI is InChI=1S/C18H15Cl2N3O3S/c1-23-10-16(21-17(23)14-4-2-3-5-15(14)20)18(24)22-27(25,26)11-12-6-8-13(19)9-7-12/h2-10H,11H2,1H3,(H,22,24). The number of nitrogens with zero attached hydrogens (tertiary/aromatic N) is 2. The highest BCUT2D eigenvalue weighted by Crippen LogP contribution is 2.26. The van der Waals surface area contributed by atoms with Gasteiger partial charge in [0, 0.05) is 23.8 Å². The average Bonchev–Trinajstić information content (AvgIpc) is 2.99. The SMILES string of the molecule is Cn1cc(C(=O)NS(=O)(=O)Cc2ccc(Cl)cc2)nc1-c1ccccc1Cl. The van der Waals surface area contributed by atoms with E-state index in [1.165, 1.54) is 6.20 Å². The third-order valence-corrected chi connectivity index (χ3v) is 5.53. The predicted molar refractivity (Wildman–Crippen MR) is 105 cm³/mol. The Kier molecular flexibility index (Phi) is 5.55. The Labute approximate surface area is 166 Å². The molecule has 0 unspecified atom stereocenters. The molecule has 140 valence electrons. The number of nitrogens with one attached hydrogen (secondary N) is 1. The van der Waals surface area contributed by atoms with Gasteiger partial charge in [-0.2, -0.15) is 0 Å². The van der Waals surface area contributed by atoms with Crippen molar-refractivity contribution < 1.29 is 13.2 Å². The van der Waals surface area contributed by atoms with Crippen LogP contribution in [0, 0.1) is 0 Å². The molecule has 0 saturated heterocycles. The first-order valence-corrected chi connectivity index (χ1v) is 10.2. The molecule has 1 aromatic heterocycles. The van der Waals surface area contributed by atoms with Gasteiger partial charge in [0.2, 0.25) is 10.0 Å². The van der Waals surface area contributed by atoms with E-state index in [0.29, 0.717) is 27.0 Å². The van der Waals surface area contributed by atoms with Crippen molar-refractivity contribution in [1.82, 2.24) is 14.3 Å². The van der Waals surface area contributed by atoms with E-state index in [2.05, 4.69) is 4.98 Å². The van der Waals surface area contributed by atoms with Crippen LogP contribution < -0.4 is 4.72 Å². The molecule has 0 fully saturated rings. The first-order valence-electron chi connectivity index (χ1n) is 7.83. The number of hydrogen-bond donors (Lipinski definition) is 1. The van der Waals surface area contributed by atoms with Crippen molar-refractivity contribution >= 4 is 39.1 Å². The maximum absolute atomic E-state index is 12.4. The molecule has 9 heteroatoms. The summed E-state index contributed by atoms with van der Waals surface area (Å²) < 4.78 is 28.2. The minimum Gasteiger partial charge on any atom is -0.333 e. The van der Waals surface area contributed by atoms with E-state index < -0.39 is 15.9 Å². The first kappa shape index (κ1) is 19.4. The van der Waals surface area contributed by atoms with Crippen molar-refractivity contribution in [3.05, 3.63) is 76.0 Å². The van der Waals surface area contributed by atoms with Gasteiger partial charge in [0.1, 0.15) is 11.5 Å². The molecule has 0 aliphatic heterocycles. The summed E-state index contributed by atoms with van der Waals surface area (Å²) in [5.41, 5.74) is 1.13. The van der Waals surface area contributed by atoms with E-state index in [1.807, 2.05) is 4.72 Å².